The van der Waals surface area contributed by atoms with Crippen molar-refractivity contribution in [2.75, 3.05) is 0 Å². The highest BCUT2D eigenvalue weighted by atomic mass is 19.1. The Labute approximate surface area is 183 Å². The summed E-state index contributed by atoms with van der Waals surface area (Å²) < 4.78 is 41.4. The van der Waals surface area contributed by atoms with Crippen LogP contribution in [0.2, 0.25) is 0 Å². The van der Waals surface area contributed by atoms with Crippen LogP contribution in [-0.4, -0.2) is 9.88 Å². The van der Waals surface area contributed by atoms with E-state index in [1.54, 1.807) is 12.1 Å². The second-order valence-corrected chi connectivity index (χ2v) is 8.26. The maximum absolute atomic E-state index is 14.1. The van der Waals surface area contributed by atoms with Gasteiger partial charge in [-0.1, -0.05) is 30.3 Å². The molecule has 1 aliphatic rings. The molecule has 0 bridgehead atoms. The third-order valence-corrected chi connectivity index (χ3v) is 6.23. The second-order valence-electron chi connectivity index (χ2n) is 8.26. The normalized spacial score (nSPS) is 14.6. The number of fused-ring (bicyclic) bond motifs is 2. The molecule has 0 saturated carbocycles. The minimum atomic E-state index is -0.760. The lowest BCUT2D eigenvalue weighted by molar-refractivity contribution is 0.212. The molecular formula is C26H21F3N2O. The van der Waals surface area contributed by atoms with Gasteiger partial charge in [-0.05, 0) is 53.4 Å². The quantitative estimate of drug-likeness (QED) is 0.426. The first-order valence-electron chi connectivity index (χ1n) is 10.5. The Morgan fingerprint density at radius 3 is 2.25 bits per heavy atom. The van der Waals surface area contributed by atoms with E-state index in [1.807, 2.05) is 19.1 Å². The summed E-state index contributed by atoms with van der Waals surface area (Å²) in [6, 6.07) is 15.8. The number of benzene rings is 3. The predicted molar refractivity (Wildman–Crippen MR) is 119 cm³/mol. The van der Waals surface area contributed by atoms with Crippen molar-refractivity contribution in [3.05, 3.63) is 105 Å². The van der Waals surface area contributed by atoms with E-state index in [0.29, 0.717) is 35.2 Å². The first-order chi connectivity index (χ1) is 15.4. The highest BCUT2D eigenvalue weighted by Crippen LogP contribution is 2.35. The van der Waals surface area contributed by atoms with Crippen molar-refractivity contribution >= 4 is 10.9 Å². The Morgan fingerprint density at radius 2 is 1.62 bits per heavy atom. The number of alkyl halides is 1. The number of halogens is 3. The lowest BCUT2D eigenvalue weighted by atomic mass is 9.96. The number of aromatic nitrogens is 1. The first kappa shape index (κ1) is 20.5. The molecule has 6 heteroatoms. The summed E-state index contributed by atoms with van der Waals surface area (Å²) in [5, 5.41) is 0.292. The maximum Gasteiger partial charge on any atom is 0.197 e. The fourth-order valence-electron chi connectivity index (χ4n) is 4.55. The fraction of sp³-hybridized carbons (Fsp3) is 0.192. The molecule has 0 amide bonds. The van der Waals surface area contributed by atoms with E-state index in [4.69, 9.17) is 0 Å². The van der Waals surface area contributed by atoms with Gasteiger partial charge >= 0.3 is 0 Å². The molecule has 2 heterocycles. The van der Waals surface area contributed by atoms with Gasteiger partial charge in [0.2, 0.25) is 0 Å². The van der Waals surface area contributed by atoms with Gasteiger partial charge in [0.1, 0.15) is 18.3 Å². The Bertz CT molecular complexity index is 1350. The Morgan fingerprint density at radius 1 is 0.969 bits per heavy atom. The van der Waals surface area contributed by atoms with Crippen LogP contribution in [0.5, 0.6) is 0 Å². The van der Waals surface area contributed by atoms with Gasteiger partial charge in [0, 0.05) is 41.8 Å². The summed E-state index contributed by atoms with van der Waals surface area (Å²) in [5.74, 6) is -1.52. The fourth-order valence-corrected chi connectivity index (χ4v) is 4.55. The van der Waals surface area contributed by atoms with Crippen LogP contribution in [0.15, 0.2) is 65.5 Å². The molecule has 1 aliphatic heterocycles. The van der Waals surface area contributed by atoms with E-state index in [9.17, 15) is 18.0 Å². The highest BCUT2D eigenvalue weighted by Gasteiger charge is 2.28. The smallest absolute Gasteiger partial charge is 0.197 e. The molecule has 1 unspecified atom stereocenters. The number of rotatable bonds is 4. The molecule has 5 rings (SSSR count). The van der Waals surface area contributed by atoms with Crippen molar-refractivity contribution in [2.24, 2.45) is 0 Å². The molecule has 0 radical (unpaired) electrons. The van der Waals surface area contributed by atoms with Gasteiger partial charge < -0.3 is 4.98 Å². The van der Waals surface area contributed by atoms with E-state index in [2.05, 4.69) is 22.0 Å². The third-order valence-electron chi connectivity index (χ3n) is 6.23. The van der Waals surface area contributed by atoms with Crippen LogP contribution in [-0.2, 0) is 19.8 Å². The maximum atomic E-state index is 14.1. The van der Waals surface area contributed by atoms with Gasteiger partial charge in [0.15, 0.2) is 5.43 Å². The molecule has 1 N–H and O–H groups in total. The van der Waals surface area contributed by atoms with Crippen LogP contribution in [0.25, 0.3) is 22.0 Å². The summed E-state index contributed by atoms with van der Waals surface area (Å²) in [6.07, 6.45) is 0. The summed E-state index contributed by atoms with van der Waals surface area (Å²) in [6.45, 7) is 2.67. The molecule has 0 saturated heterocycles. The molecule has 3 aromatic carbocycles. The van der Waals surface area contributed by atoms with Gasteiger partial charge in [-0.2, -0.15) is 0 Å². The van der Waals surface area contributed by atoms with Crippen LogP contribution in [0, 0.1) is 11.6 Å². The molecule has 0 fully saturated rings. The number of nitrogens with one attached hydrogen (secondary N) is 1. The molecule has 3 nitrogen and oxygen atoms in total. The van der Waals surface area contributed by atoms with Gasteiger partial charge in [-0.3, -0.25) is 9.69 Å². The highest BCUT2D eigenvalue weighted by molar-refractivity contribution is 5.85. The Hall–Kier alpha value is -3.38. The van der Waals surface area contributed by atoms with Crippen molar-refractivity contribution < 1.29 is 13.2 Å². The molecule has 1 atom stereocenters. The van der Waals surface area contributed by atoms with Crippen LogP contribution < -0.4 is 5.43 Å². The van der Waals surface area contributed by atoms with Crippen LogP contribution >= 0.6 is 0 Å². The van der Waals surface area contributed by atoms with Gasteiger partial charge in [-0.15, -0.1) is 0 Å². The average molecular weight is 434 g/mol. The van der Waals surface area contributed by atoms with Crippen molar-refractivity contribution in [2.45, 2.75) is 32.7 Å². The number of hydrogen-bond acceptors (Lipinski definition) is 2. The van der Waals surface area contributed by atoms with E-state index < -0.39 is 18.3 Å². The molecule has 0 spiro atoms. The molecule has 1 aromatic heterocycles. The Kier molecular flexibility index (Phi) is 5.10. The lowest BCUT2D eigenvalue weighted by Crippen LogP contribution is -2.25. The summed E-state index contributed by atoms with van der Waals surface area (Å²) >= 11 is 0. The van der Waals surface area contributed by atoms with Gasteiger partial charge in [0.05, 0.1) is 5.56 Å². The second kappa shape index (κ2) is 7.95. The molecule has 4 aromatic rings. The van der Waals surface area contributed by atoms with E-state index >= 15 is 0 Å². The zero-order valence-electron chi connectivity index (χ0n) is 17.5. The minimum Gasteiger partial charge on any atom is -0.356 e. The number of aromatic amines is 1. The molecule has 32 heavy (non-hydrogen) atoms. The first-order valence-corrected chi connectivity index (χ1v) is 10.5. The van der Waals surface area contributed by atoms with E-state index in [0.717, 1.165) is 18.2 Å². The molecular weight excluding hydrogens is 413 g/mol. The SMILES string of the molecule is CC(c1[nH]c2ccc(CF)cc2c(=O)c1-c1cc(F)cc(F)c1)N1Cc2ccccc2C1. The van der Waals surface area contributed by atoms with Crippen molar-refractivity contribution in [3.63, 3.8) is 0 Å². The third kappa shape index (κ3) is 3.50. The predicted octanol–water partition coefficient (Wildman–Crippen LogP) is 6.02. The number of H-pyrrole nitrogens is 1. The van der Waals surface area contributed by atoms with Gasteiger partial charge in [0.25, 0.3) is 0 Å². The van der Waals surface area contributed by atoms with E-state index in [1.165, 1.54) is 17.2 Å². The monoisotopic (exact) mass is 434 g/mol. The topological polar surface area (TPSA) is 36.1 Å². The lowest BCUT2D eigenvalue weighted by Gasteiger charge is -2.26. The van der Waals surface area contributed by atoms with Crippen molar-refractivity contribution in [3.8, 4) is 11.1 Å². The summed E-state index contributed by atoms with van der Waals surface area (Å²) in [4.78, 5) is 19.1. The zero-order valence-corrected chi connectivity index (χ0v) is 17.5. The van der Waals surface area contributed by atoms with Crippen molar-refractivity contribution in [1.82, 2.24) is 9.88 Å². The zero-order chi connectivity index (χ0) is 22.4. The van der Waals surface area contributed by atoms with Crippen LogP contribution in [0.3, 0.4) is 0 Å². The summed E-state index contributed by atoms with van der Waals surface area (Å²) in [7, 11) is 0. The summed E-state index contributed by atoms with van der Waals surface area (Å²) in [5.41, 5.74) is 3.93. The molecule has 0 aliphatic carbocycles. The molecule has 162 valence electrons. The largest absolute Gasteiger partial charge is 0.356 e. The van der Waals surface area contributed by atoms with Gasteiger partial charge in [-0.25, -0.2) is 13.2 Å². The number of hydrogen-bond donors (Lipinski definition) is 1. The van der Waals surface area contributed by atoms with Crippen molar-refractivity contribution in [1.29, 1.82) is 0 Å². The number of nitrogens with zero attached hydrogens (tertiary/aromatic N) is 1. The Balaban J connectivity index is 1.71. The van der Waals surface area contributed by atoms with Crippen LogP contribution in [0.4, 0.5) is 13.2 Å². The van der Waals surface area contributed by atoms with Crippen LogP contribution in [0.1, 0.15) is 35.3 Å². The van der Waals surface area contributed by atoms with E-state index in [-0.39, 0.29) is 22.6 Å². The average Bonchev–Trinajstić information content (AvgIpc) is 3.22. The minimum absolute atomic E-state index is 0.162. The standard InChI is InChI=1S/C26H21F3N2O/c1-15(31-13-17-4-2-3-5-18(17)14-31)25-24(19-9-20(28)11-21(29)10-19)26(32)22-8-16(12-27)6-7-23(22)30-25/h2-11,15H,12-14H2,1H3,(H,30,32). The number of pyridine rings is 1.